The maximum absolute atomic E-state index is 11.7. The summed E-state index contributed by atoms with van der Waals surface area (Å²) in [4.78, 5) is 56.9. The molecule has 0 bridgehead atoms. The van der Waals surface area contributed by atoms with Crippen molar-refractivity contribution in [2.75, 3.05) is 33.0 Å². The summed E-state index contributed by atoms with van der Waals surface area (Å²) in [6.07, 6.45) is 19.7. The number of rotatable bonds is 21. The molecule has 2 rings (SSSR count). The first-order valence-corrected chi connectivity index (χ1v) is 33.1. The molecule has 0 aromatic carbocycles. The first-order chi connectivity index (χ1) is 37.9. The van der Waals surface area contributed by atoms with Crippen LogP contribution in [0, 0.1) is 61.6 Å². The molecule has 84 heavy (non-hydrogen) atoms. The Hall–Kier alpha value is -2.73. The van der Waals surface area contributed by atoms with E-state index in [0.717, 1.165) is 70.6 Å². The number of esters is 5. The zero-order valence-electron chi connectivity index (χ0n) is 61.4. The molecular formula is C72H145NO11. The molecule has 0 aromatic heterocycles. The number of ether oxygens (including phenoxy) is 6. The Labute approximate surface area is 522 Å². The van der Waals surface area contributed by atoms with Crippen LogP contribution in [0.15, 0.2) is 0 Å². The highest BCUT2D eigenvalue weighted by molar-refractivity contribution is 5.75. The fourth-order valence-electron chi connectivity index (χ4n) is 8.19. The molecule has 2 aliphatic rings. The van der Waals surface area contributed by atoms with Crippen LogP contribution in [-0.2, 0) is 52.4 Å². The second-order valence-electron chi connectivity index (χ2n) is 33.1. The van der Waals surface area contributed by atoms with E-state index in [4.69, 9.17) is 34.2 Å². The van der Waals surface area contributed by atoms with Crippen LogP contribution >= 0.6 is 0 Å². The molecule has 12 nitrogen and oxygen atoms in total. The first kappa shape index (κ1) is 90.0. The molecule has 0 spiro atoms. The smallest absolute Gasteiger partial charge is 0.332 e. The molecule has 2 fully saturated rings. The lowest BCUT2D eigenvalue weighted by molar-refractivity contribution is -0.154. The number of hydrogen-bond acceptors (Lipinski definition) is 12. The van der Waals surface area contributed by atoms with E-state index >= 15 is 0 Å². The van der Waals surface area contributed by atoms with E-state index in [1.165, 1.54) is 44.9 Å². The second-order valence-corrected chi connectivity index (χ2v) is 33.1. The summed E-state index contributed by atoms with van der Waals surface area (Å²) in [6, 6.07) is -0.486. The lowest BCUT2D eigenvalue weighted by Gasteiger charge is -2.24. The van der Waals surface area contributed by atoms with Gasteiger partial charge in [-0.3, -0.25) is 19.2 Å². The Morgan fingerprint density at radius 1 is 0.440 bits per heavy atom. The van der Waals surface area contributed by atoms with Crippen LogP contribution in [-0.4, -0.2) is 81.1 Å². The average molecular weight is 1200 g/mol. The highest BCUT2D eigenvalue weighted by Gasteiger charge is 2.28. The normalized spacial score (nSPS) is 15.2. The summed E-state index contributed by atoms with van der Waals surface area (Å²) < 4.78 is 31.1. The van der Waals surface area contributed by atoms with Crippen molar-refractivity contribution in [2.24, 2.45) is 67.3 Å². The van der Waals surface area contributed by atoms with Gasteiger partial charge in [0.05, 0.1) is 49.8 Å². The average Bonchev–Trinajstić information content (AvgIpc) is 4.06. The summed E-state index contributed by atoms with van der Waals surface area (Å²) >= 11 is 0. The third kappa shape index (κ3) is 70.0. The summed E-state index contributed by atoms with van der Waals surface area (Å²) in [7, 11) is 0. The Bertz CT molecular complexity index is 1610. The molecule has 0 heterocycles. The van der Waals surface area contributed by atoms with Crippen molar-refractivity contribution in [3.05, 3.63) is 0 Å². The first-order valence-electron chi connectivity index (χ1n) is 33.1. The standard InChI is InChI=1S/2C13H24O2.C12H25NO2.C11H22O2.C10H20O3.C7H16.C6H14/c1-10(9-13(2,3)4)15-12(14)11-7-5-6-8-11;1-13(2,3)9-6-10-15-12(14)11-7-4-5-8-11;1-9(2)10(13)11(14)15-8-6-7-12(3,4)5;1-8(2)10(12)13-9(3)7-11(4,5)6;1-5-6-12-7-9(11)13-8-10(2,3)4;1-5-6-7(2,3)4;1-5-6(2,3)4/h10-11H,5-9H2,1-4H3;11H,4-10H2,1-3H3;9-10H,6-8,13H2,1-5H3;8-9H,7H2,1-6H3;5-8H2,1-4H3;5-6H2,1-4H3;5H2,1-4H3. The quantitative estimate of drug-likeness (QED) is 0.0657. The number of nitrogens with two attached hydrogens (primary N) is 1. The van der Waals surface area contributed by atoms with Gasteiger partial charge in [0.15, 0.2) is 0 Å². The monoisotopic (exact) mass is 1200 g/mol. The van der Waals surface area contributed by atoms with Crippen LogP contribution in [0.5, 0.6) is 0 Å². The summed E-state index contributed by atoms with van der Waals surface area (Å²) in [5, 5.41) is 0. The van der Waals surface area contributed by atoms with Crippen LogP contribution in [0.2, 0.25) is 0 Å². The molecule has 2 saturated carbocycles. The van der Waals surface area contributed by atoms with E-state index in [0.29, 0.717) is 48.1 Å². The number of carbonyl (C=O) groups is 5. The van der Waals surface area contributed by atoms with Crippen molar-refractivity contribution in [3.8, 4) is 0 Å². The zero-order valence-corrected chi connectivity index (χ0v) is 61.4. The van der Waals surface area contributed by atoms with Gasteiger partial charge in [0.1, 0.15) is 12.6 Å². The summed E-state index contributed by atoms with van der Waals surface area (Å²) in [5.41, 5.74) is 7.87. The van der Waals surface area contributed by atoms with Crippen LogP contribution in [0.3, 0.4) is 0 Å². The Morgan fingerprint density at radius 3 is 1.13 bits per heavy atom. The third-order valence-electron chi connectivity index (χ3n) is 13.2. The highest BCUT2D eigenvalue weighted by Crippen LogP contribution is 2.30. The van der Waals surface area contributed by atoms with Crippen LogP contribution in [0.1, 0.15) is 323 Å². The van der Waals surface area contributed by atoms with E-state index < -0.39 is 6.04 Å². The van der Waals surface area contributed by atoms with Crippen molar-refractivity contribution >= 4 is 29.8 Å². The number of carbonyl (C=O) groups excluding carboxylic acids is 5. The molecule has 3 unspecified atom stereocenters. The Morgan fingerprint density at radius 2 is 0.821 bits per heavy atom. The third-order valence-corrected chi connectivity index (χ3v) is 13.2. The van der Waals surface area contributed by atoms with Gasteiger partial charge in [0.25, 0.3) is 0 Å². The van der Waals surface area contributed by atoms with Gasteiger partial charge >= 0.3 is 29.8 Å². The van der Waals surface area contributed by atoms with Gasteiger partial charge in [-0.05, 0) is 135 Å². The van der Waals surface area contributed by atoms with Crippen molar-refractivity contribution in [3.63, 3.8) is 0 Å². The van der Waals surface area contributed by atoms with Crippen molar-refractivity contribution in [2.45, 2.75) is 342 Å². The van der Waals surface area contributed by atoms with Crippen molar-refractivity contribution < 1.29 is 52.4 Å². The van der Waals surface area contributed by atoms with E-state index in [1.54, 1.807) is 0 Å². The van der Waals surface area contributed by atoms with Gasteiger partial charge in [0, 0.05) is 6.61 Å². The van der Waals surface area contributed by atoms with Gasteiger partial charge < -0.3 is 34.2 Å². The predicted molar refractivity (Wildman–Crippen MR) is 356 cm³/mol. The van der Waals surface area contributed by atoms with Gasteiger partial charge in [0.2, 0.25) is 0 Å². The topological polar surface area (TPSA) is 167 Å². The largest absolute Gasteiger partial charge is 0.465 e. The van der Waals surface area contributed by atoms with E-state index in [1.807, 2.05) is 69.2 Å². The van der Waals surface area contributed by atoms with Crippen LogP contribution in [0.25, 0.3) is 0 Å². The molecular weight excluding hydrogens is 1050 g/mol. The Kier molecular flexibility index (Phi) is 49.7. The molecule has 0 aromatic rings. The van der Waals surface area contributed by atoms with E-state index in [-0.39, 0.29) is 88.6 Å². The minimum atomic E-state index is -0.486. The fraction of sp³-hybridized carbons (Fsp3) is 0.931. The molecule has 0 amide bonds. The predicted octanol–water partition coefficient (Wildman–Crippen LogP) is 19.7. The molecule has 12 heteroatoms. The maximum Gasteiger partial charge on any atom is 0.332 e. The highest BCUT2D eigenvalue weighted by atomic mass is 16.6. The van der Waals surface area contributed by atoms with Gasteiger partial charge in [-0.25, -0.2) is 4.79 Å². The lowest BCUT2D eigenvalue weighted by atomic mass is 9.90. The maximum atomic E-state index is 11.7. The fourth-order valence-corrected chi connectivity index (χ4v) is 8.19. The van der Waals surface area contributed by atoms with Crippen molar-refractivity contribution in [1.82, 2.24) is 0 Å². The molecule has 0 aliphatic heterocycles. The Balaban J connectivity index is -0.000000294. The molecule has 0 radical (unpaired) electrons. The lowest BCUT2D eigenvalue weighted by Crippen LogP contribution is -2.37. The van der Waals surface area contributed by atoms with Gasteiger partial charge in [-0.2, -0.15) is 0 Å². The molecule has 504 valence electrons. The minimum absolute atomic E-state index is 0.0231. The molecule has 2 aliphatic carbocycles. The van der Waals surface area contributed by atoms with Crippen molar-refractivity contribution in [1.29, 1.82) is 0 Å². The van der Waals surface area contributed by atoms with E-state index in [9.17, 15) is 24.0 Å². The summed E-state index contributed by atoms with van der Waals surface area (Å²) in [5.74, 6) is -0.0701. The molecule has 3 atom stereocenters. The SMILES string of the molecule is CC(C)(C)CCCOC(=O)C1CCCC1.CC(C)C(N)C(=O)OCCCC(C)(C)C.CC(CC(C)(C)C)OC(=O)C(C)C.CC(CC(C)(C)C)OC(=O)C1CCCC1.CCC(C)(C)C.CCCC(C)(C)C.CCCOCC(=O)OCC(C)(C)C. The van der Waals surface area contributed by atoms with E-state index in [2.05, 4.69) is 138 Å². The summed E-state index contributed by atoms with van der Waals surface area (Å²) in [6.45, 7) is 65.9. The minimum Gasteiger partial charge on any atom is -0.465 e. The van der Waals surface area contributed by atoms with Gasteiger partial charge in [-0.1, -0.05) is 232 Å². The zero-order chi connectivity index (χ0) is 66.9. The van der Waals surface area contributed by atoms with Gasteiger partial charge in [-0.15, -0.1) is 0 Å². The van der Waals surface area contributed by atoms with Crippen LogP contribution in [0.4, 0.5) is 0 Å². The number of hydrogen-bond donors (Lipinski definition) is 1. The molecule has 0 saturated heterocycles. The molecule has 2 N–H and O–H groups in total. The van der Waals surface area contributed by atoms with Crippen LogP contribution < -0.4 is 5.73 Å². The second kappa shape index (κ2) is 46.4.